The van der Waals surface area contributed by atoms with Gasteiger partial charge in [0.15, 0.2) is 0 Å². The average Bonchev–Trinajstić information content (AvgIpc) is 2.29. The second-order valence-corrected chi connectivity index (χ2v) is 4.32. The highest BCUT2D eigenvalue weighted by Gasteiger charge is 2.42. The van der Waals surface area contributed by atoms with Gasteiger partial charge in [-0.3, -0.25) is 0 Å². The summed E-state index contributed by atoms with van der Waals surface area (Å²) in [5.74, 6) is -1.64. The molecule has 0 unspecified atom stereocenters. The lowest BCUT2D eigenvalue weighted by Gasteiger charge is -2.31. The molecule has 1 nitrogen and oxygen atoms in total. The molecular formula is C12H13F4N. The summed E-state index contributed by atoms with van der Waals surface area (Å²) < 4.78 is 50.5. The highest BCUT2D eigenvalue weighted by molar-refractivity contribution is 5.20. The number of alkyl halides is 3. The van der Waals surface area contributed by atoms with Crippen LogP contribution >= 0.6 is 0 Å². The Hall–Kier alpha value is -1.10. The van der Waals surface area contributed by atoms with E-state index in [-0.39, 0.29) is 24.7 Å². The standard InChI is InChI=1S/C12H13F4N/c13-10-3-1-8(2-4-10)11-7-9(5-6-17-11)12(14,15)16/h1-4,9,11,17H,5-7H2/t9-,11+/m0/s1. The molecule has 1 aromatic rings. The van der Waals surface area contributed by atoms with Crippen LogP contribution in [-0.4, -0.2) is 12.7 Å². The maximum atomic E-state index is 12.7. The van der Waals surface area contributed by atoms with Crippen molar-refractivity contribution in [2.75, 3.05) is 6.54 Å². The van der Waals surface area contributed by atoms with Crippen molar-refractivity contribution in [3.05, 3.63) is 35.6 Å². The Balaban J connectivity index is 2.09. The third kappa shape index (κ3) is 2.97. The third-order valence-electron chi connectivity index (χ3n) is 3.14. The maximum Gasteiger partial charge on any atom is 0.391 e. The monoisotopic (exact) mass is 247 g/mol. The molecule has 0 spiro atoms. The van der Waals surface area contributed by atoms with Gasteiger partial charge in [0.05, 0.1) is 5.92 Å². The van der Waals surface area contributed by atoms with Crippen LogP contribution in [0, 0.1) is 11.7 Å². The predicted molar refractivity (Wildman–Crippen MR) is 55.9 cm³/mol. The van der Waals surface area contributed by atoms with Gasteiger partial charge in [-0.15, -0.1) is 0 Å². The number of hydrogen-bond donors (Lipinski definition) is 1. The Morgan fingerprint density at radius 1 is 1.12 bits per heavy atom. The van der Waals surface area contributed by atoms with Crippen molar-refractivity contribution in [3.63, 3.8) is 0 Å². The van der Waals surface area contributed by atoms with E-state index in [1.54, 1.807) is 0 Å². The fourth-order valence-electron chi connectivity index (χ4n) is 2.16. The van der Waals surface area contributed by atoms with Gasteiger partial charge in [-0.2, -0.15) is 13.2 Å². The van der Waals surface area contributed by atoms with Crippen LogP contribution in [0.5, 0.6) is 0 Å². The number of piperidine rings is 1. The Bertz CT molecular complexity index is 371. The van der Waals surface area contributed by atoms with E-state index in [2.05, 4.69) is 5.32 Å². The Morgan fingerprint density at radius 3 is 2.35 bits per heavy atom. The largest absolute Gasteiger partial charge is 0.391 e. The van der Waals surface area contributed by atoms with E-state index in [0.717, 1.165) is 0 Å². The third-order valence-corrected chi connectivity index (χ3v) is 3.14. The van der Waals surface area contributed by atoms with Crippen LogP contribution in [0.25, 0.3) is 0 Å². The van der Waals surface area contributed by atoms with Gasteiger partial charge in [0.1, 0.15) is 5.82 Å². The molecule has 0 saturated carbocycles. The molecule has 0 radical (unpaired) electrons. The van der Waals surface area contributed by atoms with Crippen LogP contribution in [0.3, 0.4) is 0 Å². The van der Waals surface area contributed by atoms with Crippen molar-refractivity contribution in [2.24, 2.45) is 5.92 Å². The molecule has 5 heteroatoms. The van der Waals surface area contributed by atoms with Gasteiger partial charge in [-0.05, 0) is 37.1 Å². The number of benzene rings is 1. The van der Waals surface area contributed by atoms with Crippen molar-refractivity contribution < 1.29 is 17.6 Å². The van der Waals surface area contributed by atoms with Crippen LogP contribution in [0.4, 0.5) is 17.6 Å². The van der Waals surface area contributed by atoms with Gasteiger partial charge in [0.2, 0.25) is 0 Å². The molecule has 1 fully saturated rings. The lowest BCUT2D eigenvalue weighted by atomic mass is 9.88. The fourth-order valence-corrected chi connectivity index (χ4v) is 2.16. The van der Waals surface area contributed by atoms with Crippen molar-refractivity contribution in [2.45, 2.75) is 25.1 Å². The van der Waals surface area contributed by atoms with E-state index in [4.69, 9.17) is 0 Å². The summed E-state index contributed by atoms with van der Waals surface area (Å²) in [6.07, 6.45) is -4.00. The van der Waals surface area contributed by atoms with Crippen molar-refractivity contribution in [1.82, 2.24) is 5.32 Å². The molecule has 2 rings (SSSR count). The Morgan fingerprint density at radius 2 is 1.76 bits per heavy atom. The topological polar surface area (TPSA) is 12.0 Å². The summed E-state index contributed by atoms with van der Waals surface area (Å²) in [5, 5.41) is 3.03. The minimum absolute atomic E-state index is 0.0229. The zero-order valence-corrected chi connectivity index (χ0v) is 9.10. The SMILES string of the molecule is Fc1ccc([C@H]2C[C@@H](C(F)(F)F)CCN2)cc1. The van der Waals surface area contributed by atoms with Crippen molar-refractivity contribution >= 4 is 0 Å². The first-order valence-corrected chi connectivity index (χ1v) is 5.52. The molecule has 94 valence electrons. The number of halogens is 4. The van der Waals surface area contributed by atoms with Crippen LogP contribution in [0.2, 0.25) is 0 Å². The summed E-state index contributed by atoms with van der Waals surface area (Å²) in [4.78, 5) is 0. The van der Waals surface area contributed by atoms with Crippen molar-refractivity contribution in [1.29, 1.82) is 0 Å². The van der Waals surface area contributed by atoms with Gasteiger partial charge in [0.25, 0.3) is 0 Å². The van der Waals surface area contributed by atoms with Gasteiger partial charge in [-0.25, -0.2) is 4.39 Å². The van der Waals surface area contributed by atoms with Crippen LogP contribution in [0.15, 0.2) is 24.3 Å². The van der Waals surface area contributed by atoms with Gasteiger partial charge in [0, 0.05) is 6.04 Å². The second kappa shape index (κ2) is 4.64. The quantitative estimate of drug-likeness (QED) is 0.750. The van der Waals surface area contributed by atoms with E-state index in [1.807, 2.05) is 0 Å². The molecule has 1 aromatic carbocycles. The van der Waals surface area contributed by atoms with E-state index >= 15 is 0 Å². The van der Waals surface area contributed by atoms with Gasteiger partial charge in [-0.1, -0.05) is 12.1 Å². The Kier molecular flexibility index (Phi) is 3.38. The molecule has 0 amide bonds. The summed E-state index contributed by atoms with van der Waals surface area (Å²) in [5.41, 5.74) is 0.709. The summed E-state index contributed by atoms with van der Waals surface area (Å²) >= 11 is 0. The molecule has 1 N–H and O–H groups in total. The highest BCUT2D eigenvalue weighted by Crippen LogP contribution is 2.38. The minimum atomic E-state index is -4.14. The summed E-state index contributed by atoms with van der Waals surface area (Å²) in [7, 11) is 0. The molecule has 17 heavy (non-hydrogen) atoms. The van der Waals surface area contributed by atoms with Crippen LogP contribution in [0.1, 0.15) is 24.4 Å². The highest BCUT2D eigenvalue weighted by atomic mass is 19.4. The number of nitrogens with one attached hydrogen (secondary N) is 1. The zero-order chi connectivity index (χ0) is 12.5. The van der Waals surface area contributed by atoms with Crippen molar-refractivity contribution in [3.8, 4) is 0 Å². The lowest BCUT2D eigenvalue weighted by Crippen LogP contribution is -2.38. The van der Waals surface area contributed by atoms with Crippen LogP contribution in [-0.2, 0) is 0 Å². The van der Waals surface area contributed by atoms with Crippen LogP contribution < -0.4 is 5.32 Å². The molecule has 1 heterocycles. The normalized spacial score (nSPS) is 25.9. The maximum absolute atomic E-state index is 12.7. The molecule has 1 saturated heterocycles. The molecule has 1 aliphatic rings. The molecule has 0 bridgehead atoms. The average molecular weight is 247 g/mol. The molecule has 1 aliphatic heterocycles. The first-order valence-electron chi connectivity index (χ1n) is 5.52. The summed E-state index contributed by atoms with van der Waals surface area (Å²) in [6.45, 7) is 0.340. The van der Waals surface area contributed by atoms with Gasteiger partial charge < -0.3 is 5.32 Å². The fraction of sp³-hybridized carbons (Fsp3) is 0.500. The smallest absolute Gasteiger partial charge is 0.310 e. The molecule has 2 atom stereocenters. The van der Waals surface area contributed by atoms with E-state index in [1.165, 1.54) is 24.3 Å². The van der Waals surface area contributed by atoms with E-state index in [0.29, 0.717) is 12.1 Å². The number of rotatable bonds is 1. The first kappa shape index (κ1) is 12.4. The van der Waals surface area contributed by atoms with Gasteiger partial charge >= 0.3 is 6.18 Å². The number of hydrogen-bond acceptors (Lipinski definition) is 1. The molecular weight excluding hydrogens is 234 g/mol. The minimum Gasteiger partial charge on any atom is -0.310 e. The van der Waals surface area contributed by atoms with E-state index < -0.39 is 12.1 Å². The second-order valence-electron chi connectivity index (χ2n) is 4.32. The molecule has 0 aromatic heterocycles. The zero-order valence-electron chi connectivity index (χ0n) is 9.10. The predicted octanol–water partition coefficient (Wildman–Crippen LogP) is 3.43. The lowest BCUT2D eigenvalue weighted by molar-refractivity contribution is -0.183. The molecule has 0 aliphatic carbocycles. The van der Waals surface area contributed by atoms with E-state index in [9.17, 15) is 17.6 Å². The first-order chi connectivity index (χ1) is 7.97. The Labute approximate surface area is 96.8 Å². The summed E-state index contributed by atoms with van der Waals surface area (Å²) in [6, 6.07) is 5.27.